The zero-order valence-corrected chi connectivity index (χ0v) is 14.3. The van der Waals surface area contributed by atoms with Gasteiger partial charge < -0.3 is 20.2 Å². The molecule has 1 rings (SSSR count). The second-order valence-electron chi connectivity index (χ2n) is 6.60. The van der Waals surface area contributed by atoms with Gasteiger partial charge in [-0.05, 0) is 31.1 Å². The maximum Gasteiger partial charge on any atom is 0.315 e. The van der Waals surface area contributed by atoms with Crippen molar-refractivity contribution in [1.82, 2.24) is 10.6 Å². The first-order valence-corrected chi connectivity index (χ1v) is 8.68. The fourth-order valence-electron chi connectivity index (χ4n) is 2.87. The number of rotatable bonds is 9. The first kappa shape index (κ1) is 18.9. The van der Waals surface area contributed by atoms with Crippen molar-refractivity contribution in [3.63, 3.8) is 0 Å². The molecule has 2 N–H and O–H groups in total. The number of nitrogens with one attached hydrogen (secondary N) is 2. The molecular weight excluding hydrogens is 280 g/mol. The van der Waals surface area contributed by atoms with Crippen LogP contribution in [-0.4, -0.2) is 37.6 Å². The van der Waals surface area contributed by atoms with E-state index in [1.807, 2.05) is 0 Å². The minimum absolute atomic E-state index is 0.0368. The van der Waals surface area contributed by atoms with E-state index in [-0.39, 0.29) is 30.0 Å². The Balaban J connectivity index is 2.44. The van der Waals surface area contributed by atoms with Crippen LogP contribution in [0.2, 0.25) is 0 Å². The van der Waals surface area contributed by atoms with Crippen molar-refractivity contribution in [2.24, 2.45) is 11.8 Å². The number of amides is 2. The average Bonchev–Trinajstić information content (AvgIpc) is 2.52. The van der Waals surface area contributed by atoms with E-state index in [0.717, 1.165) is 38.4 Å². The lowest BCUT2D eigenvalue weighted by Gasteiger charge is -2.29. The number of hydrogen-bond donors (Lipinski definition) is 2. The number of aldehydes is 1. The monoisotopic (exact) mass is 312 g/mol. The molecule has 0 bridgehead atoms. The molecule has 5 nitrogen and oxygen atoms in total. The molecule has 0 heterocycles. The lowest BCUT2D eigenvalue weighted by atomic mass is 9.84. The van der Waals surface area contributed by atoms with Crippen molar-refractivity contribution < 1.29 is 14.3 Å². The van der Waals surface area contributed by atoms with E-state index in [4.69, 9.17) is 4.74 Å². The largest absolute Gasteiger partial charge is 0.379 e. The van der Waals surface area contributed by atoms with Crippen LogP contribution in [0.5, 0.6) is 0 Å². The van der Waals surface area contributed by atoms with Crippen molar-refractivity contribution in [3.8, 4) is 0 Å². The zero-order chi connectivity index (χ0) is 16.4. The average molecular weight is 312 g/mol. The van der Waals surface area contributed by atoms with E-state index >= 15 is 0 Å². The van der Waals surface area contributed by atoms with Gasteiger partial charge >= 0.3 is 6.03 Å². The molecule has 0 radical (unpaired) electrons. The highest BCUT2D eigenvalue weighted by Crippen LogP contribution is 2.25. The van der Waals surface area contributed by atoms with Gasteiger partial charge in [0.2, 0.25) is 0 Å². The summed E-state index contributed by atoms with van der Waals surface area (Å²) in [4.78, 5) is 23.5. The first-order chi connectivity index (χ1) is 10.6. The molecule has 1 saturated carbocycles. The summed E-state index contributed by atoms with van der Waals surface area (Å²) in [6.45, 7) is 7.38. The standard InChI is InChI=1S/C17H32N2O3/c1-4-10-22-12-16(13(2)3)19-17(21)18-15(11-20)14-8-6-5-7-9-14/h11,13-16H,4-10,12H2,1-3H3,(H2,18,19,21). The van der Waals surface area contributed by atoms with Gasteiger partial charge in [0.15, 0.2) is 0 Å². The summed E-state index contributed by atoms with van der Waals surface area (Å²) in [6, 6.07) is -0.670. The summed E-state index contributed by atoms with van der Waals surface area (Å²) in [5, 5.41) is 5.78. The number of carbonyl (C=O) groups is 2. The maximum atomic E-state index is 12.2. The van der Waals surface area contributed by atoms with Gasteiger partial charge in [-0.2, -0.15) is 0 Å². The molecule has 0 aromatic rings. The van der Waals surface area contributed by atoms with Gasteiger partial charge in [-0.25, -0.2) is 4.79 Å². The molecule has 2 atom stereocenters. The van der Waals surface area contributed by atoms with Crippen LogP contribution in [0.1, 0.15) is 59.3 Å². The molecule has 5 heteroatoms. The van der Waals surface area contributed by atoms with E-state index in [0.29, 0.717) is 13.2 Å². The molecule has 1 aliphatic rings. The minimum Gasteiger partial charge on any atom is -0.379 e. The first-order valence-electron chi connectivity index (χ1n) is 8.68. The highest BCUT2D eigenvalue weighted by Gasteiger charge is 2.25. The lowest BCUT2D eigenvalue weighted by molar-refractivity contribution is -0.110. The predicted octanol–water partition coefficient (Wildman–Crippen LogP) is 2.88. The third-order valence-electron chi connectivity index (χ3n) is 4.37. The van der Waals surface area contributed by atoms with Crippen LogP contribution in [0, 0.1) is 11.8 Å². The molecule has 0 aromatic heterocycles. The predicted molar refractivity (Wildman–Crippen MR) is 87.8 cm³/mol. The lowest BCUT2D eigenvalue weighted by Crippen LogP contribution is -2.52. The van der Waals surface area contributed by atoms with E-state index in [9.17, 15) is 9.59 Å². The normalized spacial score (nSPS) is 18.7. The van der Waals surface area contributed by atoms with Crippen LogP contribution < -0.4 is 10.6 Å². The zero-order valence-electron chi connectivity index (χ0n) is 14.3. The van der Waals surface area contributed by atoms with Gasteiger partial charge in [-0.15, -0.1) is 0 Å². The Morgan fingerprint density at radius 3 is 2.45 bits per heavy atom. The molecule has 1 fully saturated rings. The molecule has 0 spiro atoms. The van der Waals surface area contributed by atoms with E-state index < -0.39 is 0 Å². The SMILES string of the molecule is CCCOCC(NC(=O)NC(C=O)C1CCCCC1)C(C)C. The van der Waals surface area contributed by atoms with Gasteiger partial charge in [-0.1, -0.05) is 40.0 Å². The van der Waals surface area contributed by atoms with Crippen molar-refractivity contribution in [2.75, 3.05) is 13.2 Å². The second-order valence-corrected chi connectivity index (χ2v) is 6.60. The molecule has 2 unspecified atom stereocenters. The Kier molecular flexibility index (Phi) is 9.13. The number of hydrogen-bond acceptors (Lipinski definition) is 3. The molecule has 1 aliphatic carbocycles. The summed E-state index contributed by atoms with van der Waals surface area (Å²) in [6.07, 6.45) is 7.43. The number of carbonyl (C=O) groups excluding carboxylic acids is 2. The topological polar surface area (TPSA) is 67.4 Å². The number of urea groups is 1. The highest BCUT2D eigenvalue weighted by atomic mass is 16.5. The van der Waals surface area contributed by atoms with Crippen LogP contribution in [0.15, 0.2) is 0 Å². The summed E-state index contributed by atoms with van der Waals surface area (Å²) in [5.74, 6) is 0.567. The Hall–Kier alpha value is -1.10. The molecular formula is C17H32N2O3. The fraction of sp³-hybridized carbons (Fsp3) is 0.882. The quantitative estimate of drug-likeness (QED) is 0.508. The third kappa shape index (κ3) is 6.77. The Morgan fingerprint density at radius 2 is 1.91 bits per heavy atom. The Labute approximate surface area is 134 Å². The second kappa shape index (κ2) is 10.6. The van der Waals surface area contributed by atoms with Crippen molar-refractivity contribution >= 4 is 12.3 Å². The van der Waals surface area contributed by atoms with Gasteiger partial charge in [0.25, 0.3) is 0 Å². The van der Waals surface area contributed by atoms with Crippen molar-refractivity contribution in [3.05, 3.63) is 0 Å². The molecule has 0 saturated heterocycles. The van der Waals surface area contributed by atoms with Crippen LogP contribution >= 0.6 is 0 Å². The highest BCUT2D eigenvalue weighted by molar-refractivity contribution is 5.78. The smallest absolute Gasteiger partial charge is 0.315 e. The fourth-order valence-corrected chi connectivity index (χ4v) is 2.87. The van der Waals surface area contributed by atoms with E-state index in [1.54, 1.807) is 0 Å². The van der Waals surface area contributed by atoms with Gasteiger partial charge in [-0.3, -0.25) is 0 Å². The van der Waals surface area contributed by atoms with Crippen molar-refractivity contribution in [2.45, 2.75) is 71.4 Å². The van der Waals surface area contributed by atoms with Crippen LogP contribution in [-0.2, 0) is 9.53 Å². The van der Waals surface area contributed by atoms with Gasteiger partial charge in [0, 0.05) is 6.61 Å². The Morgan fingerprint density at radius 1 is 1.23 bits per heavy atom. The van der Waals surface area contributed by atoms with Crippen LogP contribution in [0.25, 0.3) is 0 Å². The van der Waals surface area contributed by atoms with Gasteiger partial charge in [0.05, 0.1) is 18.7 Å². The molecule has 0 aromatic carbocycles. The maximum absolute atomic E-state index is 12.2. The van der Waals surface area contributed by atoms with Crippen LogP contribution in [0.4, 0.5) is 4.79 Å². The van der Waals surface area contributed by atoms with Crippen molar-refractivity contribution in [1.29, 1.82) is 0 Å². The number of ether oxygens (including phenoxy) is 1. The van der Waals surface area contributed by atoms with E-state index in [1.165, 1.54) is 6.42 Å². The molecule has 2 amide bonds. The summed E-state index contributed by atoms with van der Waals surface area (Å²) in [5.41, 5.74) is 0. The summed E-state index contributed by atoms with van der Waals surface area (Å²) < 4.78 is 5.54. The summed E-state index contributed by atoms with van der Waals surface area (Å²) >= 11 is 0. The molecule has 128 valence electrons. The molecule has 22 heavy (non-hydrogen) atoms. The van der Waals surface area contributed by atoms with Gasteiger partial charge in [0.1, 0.15) is 6.29 Å². The van der Waals surface area contributed by atoms with Crippen LogP contribution in [0.3, 0.4) is 0 Å². The molecule has 0 aliphatic heterocycles. The minimum atomic E-state index is -0.371. The van der Waals surface area contributed by atoms with E-state index in [2.05, 4.69) is 31.4 Å². The summed E-state index contributed by atoms with van der Waals surface area (Å²) in [7, 11) is 0. The third-order valence-corrected chi connectivity index (χ3v) is 4.37. The Bertz CT molecular complexity index is 328.